The minimum atomic E-state index is -0.183. The molecule has 2 aromatic carbocycles. The van der Waals surface area contributed by atoms with Crippen LogP contribution in [0.2, 0.25) is 0 Å². The van der Waals surface area contributed by atoms with Crippen molar-refractivity contribution >= 4 is 23.5 Å². The topological polar surface area (TPSA) is 95.1 Å². The number of aromatic nitrogens is 4. The second-order valence-electron chi connectivity index (χ2n) is 6.74. The molecule has 0 spiro atoms. The van der Waals surface area contributed by atoms with Crippen LogP contribution in [0.1, 0.15) is 17.1 Å². The van der Waals surface area contributed by atoms with Crippen molar-refractivity contribution in [1.82, 2.24) is 20.0 Å². The van der Waals surface area contributed by atoms with Crippen LogP contribution in [0, 0.1) is 6.92 Å². The van der Waals surface area contributed by atoms with E-state index in [4.69, 9.17) is 9.15 Å². The molecule has 8 nitrogen and oxygen atoms in total. The number of anilines is 1. The van der Waals surface area contributed by atoms with Crippen LogP contribution < -0.4 is 10.1 Å². The lowest BCUT2D eigenvalue weighted by Gasteiger charge is -2.08. The fourth-order valence-corrected chi connectivity index (χ4v) is 3.53. The molecule has 0 aliphatic heterocycles. The monoisotopic (exact) mass is 435 g/mol. The van der Waals surface area contributed by atoms with Gasteiger partial charge in [0.05, 0.1) is 30.7 Å². The number of nitrogens with one attached hydrogen (secondary N) is 1. The second-order valence-corrected chi connectivity index (χ2v) is 7.67. The number of thioether (sulfide) groups is 1. The van der Waals surface area contributed by atoms with E-state index in [1.807, 2.05) is 67.6 Å². The Morgan fingerprint density at radius 3 is 2.65 bits per heavy atom. The molecule has 0 atom stereocenters. The van der Waals surface area contributed by atoms with Gasteiger partial charge >= 0.3 is 0 Å². The van der Waals surface area contributed by atoms with E-state index in [2.05, 4.69) is 20.6 Å². The molecule has 4 aromatic rings. The smallest absolute Gasteiger partial charge is 0.277 e. The zero-order valence-electron chi connectivity index (χ0n) is 17.1. The van der Waals surface area contributed by atoms with Crippen LogP contribution in [0.3, 0.4) is 0 Å². The Bertz CT molecular complexity index is 1160. The summed E-state index contributed by atoms with van der Waals surface area (Å²) >= 11 is 1.19. The van der Waals surface area contributed by atoms with Crippen molar-refractivity contribution < 1.29 is 13.9 Å². The highest BCUT2D eigenvalue weighted by molar-refractivity contribution is 7.99. The molecule has 31 heavy (non-hydrogen) atoms. The summed E-state index contributed by atoms with van der Waals surface area (Å²) in [4.78, 5) is 12.5. The minimum Gasteiger partial charge on any atom is -0.497 e. The van der Waals surface area contributed by atoms with Crippen LogP contribution in [-0.4, -0.2) is 38.7 Å². The Morgan fingerprint density at radius 1 is 1.13 bits per heavy atom. The average Bonchev–Trinajstić information content (AvgIpc) is 3.39. The molecule has 0 aliphatic carbocycles. The maximum absolute atomic E-state index is 12.5. The molecule has 2 aromatic heterocycles. The predicted molar refractivity (Wildman–Crippen MR) is 118 cm³/mol. The van der Waals surface area contributed by atoms with Crippen LogP contribution in [0.4, 0.5) is 5.82 Å². The van der Waals surface area contributed by atoms with E-state index < -0.39 is 0 Å². The summed E-state index contributed by atoms with van der Waals surface area (Å²) in [6.07, 6.45) is 0.513. The van der Waals surface area contributed by atoms with Gasteiger partial charge in [0.15, 0.2) is 0 Å². The molecule has 2 heterocycles. The van der Waals surface area contributed by atoms with Gasteiger partial charge in [0.2, 0.25) is 11.8 Å². The lowest BCUT2D eigenvalue weighted by atomic mass is 10.1. The number of hydrogen-bond donors (Lipinski definition) is 1. The third-order valence-corrected chi connectivity index (χ3v) is 5.21. The van der Waals surface area contributed by atoms with Crippen LogP contribution in [0.15, 0.2) is 70.3 Å². The summed E-state index contributed by atoms with van der Waals surface area (Å²) in [6.45, 7) is 1.88. The molecular formula is C22H21N5O3S. The Labute approximate surface area is 183 Å². The molecule has 0 aliphatic rings. The number of nitrogens with zero attached hydrogens (tertiary/aromatic N) is 4. The number of hydrogen-bond acceptors (Lipinski definition) is 7. The molecule has 1 N–H and O–H groups in total. The van der Waals surface area contributed by atoms with Crippen LogP contribution in [0.5, 0.6) is 5.75 Å². The fraction of sp³-hybridized carbons (Fsp3) is 0.182. The first kappa shape index (κ1) is 20.7. The molecular weight excluding hydrogens is 414 g/mol. The average molecular weight is 436 g/mol. The number of rotatable bonds is 8. The quantitative estimate of drug-likeness (QED) is 0.420. The third kappa shape index (κ3) is 5.32. The Kier molecular flexibility index (Phi) is 6.32. The first-order chi connectivity index (χ1) is 15.1. The lowest BCUT2D eigenvalue weighted by Crippen LogP contribution is -2.16. The standard InChI is InChI=1S/C22H21N5O3S/c1-15-12-19(27(26-15)17-6-4-3-5-7-17)23-20(28)14-31-22-25-24-21(30-22)13-16-8-10-18(29-2)11-9-16/h3-12H,13-14H2,1-2H3,(H,23,28). The van der Waals surface area contributed by atoms with E-state index >= 15 is 0 Å². The van der Waals surface area contributed by atoms with Gasteiger partial charge in [0.1, 0.15) is 11.6 Å². The summed E-state index contributed by atoms with van der Waals surface area (Å²) in [5.74, 6) is 1.85. The molecule has 0 radical (unpaired) electrons. The normalized spacial score (nSPS) is 10.8. The largest absolute Gasteiger partial charge is 0.497 e. The van der Waals surface area contributed by atoms with Gasteiger partial charge in [-0.25, -0.2) is 4.68 Å². The molecule has 4 rings (SSSR count). The van der Waals surface area contributed by atoms with Gasteiger partial charge in [-0.3, -0.25) is 4.79 Å². The molecule has 9 heteroatoms. The Balaban J connectivity index is 1.34. The summed E-state index contributed by atoms with van der Waals surface area (Å²) in [5, 5.41) is 15.8. The predicted octanol–water partition coefficient (Wildman–Crippen LogP) is 3.89. The number of ether oxygens (including phenoxy) is 1. The first-order valence-electron chi connectivity index (χ1n) is 9.61. The van der Waals surface area contributed by atoms with Gasteiger partial charge in [-0.1, -0.05) is 42.1 Å². The zero-order chi connectivity index (χ0) is 21.6. The Morgan fingerprint density at radius 2 is 1.90 bits per heavy atom. The van der Waals surface area contributed by atoms with E-state index in [0.29, 0.717) is 23.4 Å². The van der Waals surface area contributed by atoms with Gasteiger partial charge in [0, 0.05) is 6.07 Å². The van der Waals surface area contributed by atoms with Gasteiger partial charge in [0.25, 0.3) is 5.22 Å². The maximum atomic E-state index is 12.5. The molecule has 1 amide bonds. The van der Waals surface area contributed by atoms with Crippen molar-refractivity contribution in [2.45, 2.75) is 18.6 Å². The SMILES string of the molecule is COc1ccc(Cc2nnc(SCC(=O)Nc3cc(C)nn3-c3ccccc3)o2)cc1. The molecule has 0 saturated carbocycles. The third-order valence-electron chi connectivity index (χ3n) is 4.39. The van der Waals surface area contributed by atoms with Crippen molar-refractivity contribution in [2.24, 2.45) is 0 Å². The summed E-state index contributed by atoms with van der Waals surface area (Å²) in [7, 11) is 1.63. The highest BCUT2D eigenvalue weighted by Crippen LogP contribution is 2.21. The number of carbonyl (C=O) groups is 1. The van der Waals surface area contributed by atoms with E-state index in [9.17, 15) is 4.79 Å². The number of benzene rings is 2. The van der Waals surface area contributed by atoms with Crippen molar-refractivity contribution in [2.75, 3.05) is 18.2 Å². The van der Waals surface area contributed by atoms with Crippen molar-refractivity contribution in [1.29, 1.82) is 0 Å². The zero-order valence-corrected chi connectivity index (χ0v) is 17.9. The van der Waals surface area contributed by atoms with Crippen LogP contribution in [-0.2, 0) is 11.2 Å². The first-order valence-corrected chi connectivity index (χ1v) is 10.6. The highest BCUT2D eigenvalue weighted by Gasteiger charge is 2.14. The van der Waals surface area contributed by atoms with E-state index in [0.717, 1.165) is 22.7 Å². The van der Waals surface area contributed by atoms with Gasteiger partial charge in [-0.05, 0) is 36.8 Å². The Hall–Kier alpha value is -3.59. The second kappa shape index (κ2) is 9.48. The van der Waals surface area contributed by atoms with Gasteiger partial charge in [-0.15, -0.1) is 10.2 Å². The van der Waals surface area contributed by atoms with Crippen molar-refractivity contribution in [3.63, 3.8) is 0 Å². The van der Waals surface area contributed by atoms with Crippen LogP contribution in [0.25, 0.3) is 5.69 Å². The van der Waals surface area contributed by atoms with Gasteiger partial charge in [-0.2, -0.15) is 5.10 Å². The molecule has 0 unspecified atom stereocenters. The summed E-state index contributed by atoms with van der Waals surface area (Å²) in [6, 6.07) is 19.1. The molecule has 0 bridgehead atoms. The summed E-state index contributed by atoms with van der Waals surface area (Å²) in [5.41, 5.74) is 2.72. The lowest BCUT2D eigenvalue weighted by molar-refractivity contribution is -0.113. The highest BCUT2D eigenvalue weighted by atomic mass is 32.2. The van der Waals surface area contributed by atoms with E-state index in [-0.39, 0.29) is 11.7 Å². The molecule has 0 saturated heterocycles. The maximum Gasteiger partial charge on any atom is 0.277 e. The number of methoxy groups -OCH3 is 1. The number of carbonyl (C=O) groups excluding carboxylic acids is 1. The fourth-order valence-electron chi connectivity index (χ4n) is 2.95. The van der Waals surface area contributed by atoms with Crippen molar-refractivity contribution in [3.05, 3.63) is 77.8 Å². The summed E-state index contributed by atoms with van der Waals surface area (Å²) < 4.78 is 12.5. The van der Waals surface area contributed by atoms with E-state index in [1.165, 1.54) is 11.8 Å². The van der Waals surface area contributed by atoms with E-state index in [1.54, 1.807) is 11.8 Å². The number of para-hydroxylation sites is 1. The minimum absolute atomic E-state index is 0.142. The van der Waals surface area contributed by atoms with Crippen LogP contribution >= 0.6 is 11.8 Å². The molecule has 0 fully saturated rings. The molecule has 158 valence electrons. The number of aryl methyl sites for hydroxylation is 1. The number of amides is 1. The van der Waals surface area contributed by atoms with Gasteiger partial charge < -0.3 is 14.5 Å². The van der Waals surface area contributed by atoms with Crippen molar-refractivity contribution in [3.8, 4) is 11.4 Å².